The van der Waals surface area contributed by atoms with Gasteiger partial charge >= 0.3 is 5.97 Å². The van der Waals surface area contributed by atoms with Gasteiger partial charge in [-0.3, -0.25) is 4.68 Å². The Bertz CT molecular complexity index is 347. The van der Waals surface area contributed by atoms with Gasteiger partial charge in [-0.15, -0.1) is 0 Å². The van der Waals surface area contributed by atoms with Gasteiger partial charge in [0.2, 0.25) is 0 Å². The summed E-state index contributed by atoms with van der Waals surface area (Å²) in [6.07, 6.45) is 3.75. The Hall–Kier alpha value is -1.36. The Kier molecular flexibility index (Phi) is 4.98. The minimum atomic E-state index is -0.373. The van der Waals surface area contributed by atoms with Gasteiger partial charge < -0.3 is 9.47 Å². The van der Waals surface area contributed by atoms with E-state index in [-0.39, 0.29) is 5.97 Å². The second-order valence-corrected chi connectivity index (χ2v) is 3.56. The molecule has 1 aromatic heterocycles. The molecule has 0 aliphatic carbocycles. The van der Waals surface area contributed by atoms with Crippen LogP contribution >= 0.6 is 0 Å². The van der Waals surface area contributed by atoms with Crippen LogP contribution in [0.5, 0.6) is 0 Å². The molecular weight excluding hydrogens is 208 g/mol. The molecule has 0 spiro atoms. The van der Waals surface area contributed by atoms with Crippen molar-refractivity contribution in [1.82, 2.24) is 9.78 Å². The average molecular weight is 226 g/mol. The van der Waals surface area contributed by atoms with E-state index in [0.29, 0.717) is 24.5 Å². The highest BCUT2D eigenvalue weighted by Gasteiger charge is 2.15. The third-order valence-electron chi connectivity index (χ3n) is 2.19. The molecule has 0 aliphatic heterocycles. The molecule has 0 aliphatic rings. The first-order valence-electron chi connectivity index (χ1n) is 5.37. The van der Waals surface area contributed by atoms with Gasteiger partial charge in [-0.25, -0.2) is 4.79 Å². The fraction of sp³-hybridized carbons (Fsp3) is 0.636. The van der Waals surface area contributed by atoms with Crippen molar-refractivity contribution in [1.29, 1.82) is 0 Å². The molecule has 0 amide bonds. The van der Waals surface area contributed by atoms with E-state index in [4.69, 9.17) is 4.74 Å². The normalized spacial score (nSPS) is 10.4. The van der Waals surface area contributed by atoms with E-state index in [1.54, 1.807) is 17.9 Å². The lowest BCUT2D eigenvalue weighted by atomic mass is 10.2. The lowest BCUT2D eigenvalue weighted by Crippen LogP contribution is -2.05. The summed E-state index contributed by atoms with van der Waals surface area (Å²) in [5.74, 6) is -0.373. The maximum atomic E-state index is 11.4. The van der Waals surface area contributed by atoms with E-state index in [9.17, 15) is 4.79 Å². The van der Waals surface area contributed by atoms with Gasteiger partial charge in [0.1, 0.15) is 11.3 Å². The van der Waals surface area contributed by atoms with Crippen LogP contribution in [0.2, 0.25) is 0 Å². The van der Waals surface area contributed by atoms with Crippen molar-refractivity contribution in [3.05, 3.63) is 17.5 Å². The molecular formula is C11H18N2O3. The van der Waals surface area contributed by atoms with Crippen molar-refractivity contribution >= 4 is 5.97 Å². The fourth-order valence-electron chi connectivity index (χ4n) is 1.34. The highest BCUT2D eigenvalue weighted by atomic mass is 16.5. The van der Waals surface area contributed by atoms with E-state index in [2.05, 4.69) is 16.8 Å². The number of aromatic nitrogens is 2. The van der Waals surface area contributed by atoms with Crippen molar-refractivity contribution in [2.75, 3.05) is 13.7 Å². The van der Waals surface area contributed by atoms with Crippen LogP contribution in [0.25, 0.3) is 0 Å². The summed E-state index contributed by atoms with van der Waals surface area (Å²) >= 11 is 0. The van der Waals surface area contributed by atoms with Gasteiger partial charge in [0.15, 0.2) is 0 Å². The first kappa shape index (κ1) is 12.7. The highest BCUT2D eigenvalue weighted by molar-refractivity contribution is 5.90. The highest BCUT2D eigenvalue weighted by Crippen LogP contribution is 2.09. The Balaban J connectivity index is 2.60. The molecule has 0 saturated carbocycles. The largest absolute Gasteiger partial charge is 0.465 e. The van der Waals surface area contributed by atoms with Crippen LogP contribution in [-0.4, -0.2) is 29.5 Å². The molecule has 0 N–H and O–H groups in total. The Labute approximate surface area is 95.3 Å². The van der Waals surface area contributed by atoms with E-state index < -0.39 is 0 Å². The molecule has 0 fully saturated rings. The standard InChI is InChI=1S/C11H18N2O3/c1-4-5-6-16-8-10-9(11(14)15-3)7-13(2)12-10/h7H,4-6,8H2,1-3H3. The zero-order valence-corrected chi connectivity index (χ0v) is 10.0. The molecule has 1 heterocycles. The Morgan fingerprint density at radius 1 is 1.56 bits per heavy atom. The van der Waals surface area contributed by atoms with Crippen LogP contribution < -0.4 is 0 Å². The van der Waals surface area contributed by atoms with Crippen LogP contribution in [-0.2, 0) is 23.1 Å². The topological polar surface area (TPSA) is 53.4 Å². The van der Waals surface area contributed by atoms with Crippen LogP contribution in [0.3, 0.4) is 0 Å². The maximum Gasteiger partial charge on any atom is 0.341 e. The Morgan fingerprint density at radius 2 is 2.31 bits per heavy atom. The van der Waals surface area contributed by atoms with E-state index >= 15 is 0 Å². The number of esters is 1. The van der Waals surface area contributed by atoms with Crippen LogP contribution in [0.1, 0.15) is 35.8 Å². The van der Waals surface area contributed by atoms with Crippen molar-refractivity contribution in [3.8, 4) is 0 Å². The molecule has 5 nitrogen and oxygen atoms in total. The van der Waals surface area contributed by atoms with Gasteiger partial charge in [-0.05, 0) is 6.42 Å². The summed E-state index contributed by atoms with van der Waals surface area (Å²) < 4.78 is 11.7. The van der Waals surface area contributed by atoms with Gasteiger partial charge in [0.25, 0.3) is 0 Å². The van der Waals surface area contributed by atoms with E-state index in [1.165, 1.54) is 7.11 Å². The van der Waals surface area contributed by atoms with Gasteiger partial charge in [-0.1, -0.05) is 13.3 Å². The zero-order valence-electron chi connectivity index (χ0n) is 10.0. The SMILES string of the molecule is CCCCOCc1nn(C)cc1C(=O)OC. The molecule has 0 radical (unpaired) electrons. The second kappa shape index (κ2) is 6.27. The number of aryl methyl sites for hydroxylation is 1. The molecule has 5 heteroatoms. The Morgan fingerprint density at radius 3 is 2.94 bits per heavy atom. The second-order valence-electron chi connectivity index (χ2n) is 3.56. The van der Waals surface area contributed by atoms with Crippen molar-refractivity contribution < 1.29 is 14.3 Å². The summed E-state index contributed by atoms with van der Waals surface area (Å²) in [6, 6.07) is 0. The summed E-state index contributed by atoms with van der Waals surface area (Å²) in [6.45, 7) is 3.14. The molecule has 0 unspecified atom stereocenters. The van der Waals surface area contributed by atoms with Gasteiger partial charge in [-0.2, -0.15) is 5.10 Å². The molecule has 0 atom stereocenters. The smallest absolute Gasteiger partial charge is 0.341 e. The van der Waals surface area contributed by atoms with Gasteiger partial charge in [0.05, 0.1) is 13.7 Å². The maximum absolute atomic E-state index is 11.4. The van der Waals surface area contributed by atoms with Crippen molar-refractivity contribution in [2.45, 2.75) is 26.4 Å². The number of methoxy groups -OCH3 is 1. The van der Waals surface area contributed by atoms with Crippen molar-refractivity contribution in [3.63, 3.8) is 0 Å². The van der Waals surface area contributed by atoms with Crippen LogP contribution in [0.4, 0.5) is 0 Å². The molecule has 0 bridgehead atoms. The number of unbranched alkanes of at least 4 members (excludes halogenated alkanes) is 1. The summed E-state index contributed by atoms with van der Waals surface area (Å²) in [5, 5.41) is 4.17. The third-order valence-corrected chi connectivity index (χ3v) is 2.19. The van der Waals surface area contributed by atoms with E-state index in [1.807, 2.05) is 0 Å². The fourth-order valence-corrected chi connectivity index (χ4v) is 1.34. The molecule has 16 heavy (non-hydrogen) atoms. The summed E-state index contributed by atoms with van der Waals surface area (Å²) in [4.78, 5) is 11.4. The number of nitrogens with zero attached hydrogens (tertiary/aromatic N) is 2. The van der Waals surface area contributed by atoms with E-state index in [0.717, 1.165) is 12.8 Å². The number of carbonyl (C=O) groups excluding carboxylic acids is 1. The van der Waals surface area contributed by atoms with Gasteiger partial charge in [0, 0.05) is 19.9 Å². The average Bonchev–Trinajstić information content (AvgIpc) is 2.65. The lowest BCUT2D eigenvalue weighted by molar-refractivity contribution is 0.0591. The third kappa shape index (κ3) is 3.34. The lowest BCUT2D eigenvalue weighted by Gasteiger charge is -2.02. The molecule has 0 aromatic carbocycles. The van der Waals surface area contributed by atoms with Crippen LogP contribution in [0.15, 0.2) is 6.20 Å². The monoisotopic (exact) mass is 226 g/mol. The first-order chi connectivity index (χ1) is 7.69. The van der Waals surface area contributed by atoms with Crippen LogP contribution in [0, 0.1) is 0 Å². The molecule has 90 valence electrons. The number of ether oxygens (including phenoxy) is 2. The number of hydrogen-bond acceptors (Lipinski definition) is 4. The minimum absolute atomic E-state index is 0.352. The quantitative estimate of drug-likeness (QED) is 0.545. The summed E-state index contributed by atoms with van der Waals surface area (Å²) in [7, 11) is 3.12. The number of carbonyl (C=O) groups is 1. The zero-order chi connectivity index (χ0) is 12.0. The first-order valence-corrected chi connectivity index (χ1v) is 5.37. The summed E-state index contributed by atoms with van der Waals surface area (Å²) in [5.41, 5.74) is 1.10. The molecule has 1 rings (SSSR count). The number of rotatable bonds is 6. The van der Waals surface area contributed by atoms with Crippen molar-refractivity contribution in [2.24, 2.45) is 7.05 Å². The number of hydrogen-bond donors (Lipinski definition) is 0. The molecule has 0 saturated heterocycles. The minimum Gasteiger partial charge on any atom is -0.465 e. The predicted octanol–water partition coefficient (Wildman–Crippen LogP) is 1.52. The molecule has 1 aromatic rings. The predicted molar refractivity (Wildman–Crippen MR) is 59.1 cm³/mol.